The Bertz CT molecular complexity index is 1070. The van der Waals surface area contributed by atoms with Crippen molar-refractivity contribution in [3.05, 3.63) is 59.1 Å². The number of hydrogen-bond acceptors (Lipinski definition) is 8. The highest BCUT2D eigenvalue weighted by atomic mass is 79.9. The number of anilines is 4. The fourth-order valence-electron chi connectivity index (χ4n) is 3.22. The number of benzene rings is 1. The average molecular weight is 484 g/mol. The van der Waals surface area contributed by atoms with E-state index in [0.717, 1.165) is 37.7 Å². The highest BCUT2D eigenvalue weighted by Gasteiger charge is 2.14. The Kier molecular flexibility index (Phi) is 6.58. The fraction of sp³-hybridized carbons (Fsp3) is 0.238. The number of amides is 1. The van der Waals surface area contributed by atoms with Gasteiger partial charge in [-0.25, -0.2) is 15.0 Å². The minimum Gasteiger partial charge on any atom is -0.494 e. The maximum Gasteiger partial charge on any atom is 0.274 e. The first-order chi connectivity index (χ1) is 15.1. The molecule has 2 aromatic heterocycles. The zero-order valence-electron chi connectivity index (χ0n) is 16.9. The molecule has 0 spiro atoms. The molecule has 31 heavy (non-hydrogen) atoms. The third kappa shape index (κ3) is 5.28. The average Bonchev–Trinajstić information content (AvgIpc) is 2.81. The highest BCUT2D eigenvalue weighted by molar-refractivity contribution is 9.10. The number of carbonyl (C=O) groups excluding carboxylic acids is 1. The van der Waals surface area contributed by atoms with Crippen LogP contribution in [-0.4, -0.2) is 54.1 Å². The molecule has 10 heteroatoms. The minimum atomic E-state index is -0.322. The molecule has 9 nitrogen and oxygen atoms in total. The van der Waals surface area contributed by atoms with Gasteiger partial charge in [0.1, 0.15) is 34.0 Å². The van der Waals surface area contributed by atoms with Crippen molar-refractivity contribution in [2.45, 2.75) is 0 Å². The smallest absolute Gasteiger partial charge is 0.274 e. The molecule has 1 fully saturated rings. The van der Waals surface area contributed by atoms with E-state index in [0.29, 0.717) is 27.6 Å². The summed E-state index contributed by atoms with van der Waals surface area (Å²) < 4.78 is 6.06. The van der Waals surface area contributed by atoms with E-state index >= 15 is 0 Å². The SMILES string of the molecule is COc1cc(Nc2cc(N3CCNCC3)ncn2)ccc1NC(=O)c1cccc(Br)n1. The van der Waals surface area contributed by atoms with E-state index in [9.17, 15) is 4.79 Å². The van der Waals surface area contributed by atoms with Gasteiger partial charge >= 0.3 is 0 Å². The first-order valence-corrected chi connectivity index (χ1v) is 10.6. The Morgan fingerprint density at radius 2 is 2.00 bits per heavy atom. The molecule has 0 aliphatic carbocycles. The van der Waals surface area contributed by atoms with Gasteiger partial charge in [0.05, 0.1) is 12.8 Å². The minimum absolute atomic E-state index is 0.306. The van der Waals surface area contributed by atoms with E-state index in [1.54, 1.807) is 43.8 Å². The van der Waals surface area contributed by atoms with Crippen LogP contribution in [0, 0.1) is 0 Å². The molecule has 3 aromatic rings. The van der Waals surface area contributed by atoms with Gasteiger partial charge in [-0.15, -0.1) is 0 Å². The molecule has 1 aliphatic rings. The van der Waals surface area contributed by atoms with Crippen molar-refractivity contribution in [2.75, 3.05) is 48.8 Å². The number of nitrogens with zero attached hydrogens (tertiary/aromatic N) is 4. The number of nitrogens with one attached hydrogen (secondary N) is 3. The van der Waals surface area contributed by atoms with Gasteiger partial charge < -0.3 is 25.6 Å². The molecular weight excluding hydrogens is 462 g/mol. The Morgan fingerprint density at radius 3 is 2.77 bits per heavy atom. The summed E-state index contributed by atoms with van der Waals surface area (Å²) in [5, 5.41) is 9.44. The molecule has 3 N–H and O–H groups in total. The first-order valence-electron chi connectivity index (χ1n) is 9.79. The maximum atomic E-state index is 12.5. The Balaban J connectivity index is 1.48. The lowest BCUT2D eigenvalue weighted by molar-refractivity contribution is 0.102. The molecule has 3 heterocycles. The zero-order valence-corrected chi connectivity index (χ0v) is 18.5. The third-order valence-corrected chi connectivity index (χ3v) is 5.21. The first kappa shape index (κ1) is 21.0. The van der Waals surface area contributed by atoms with Crippen LogP contribution in [0.25, 0.3) is 0 Å². The Morgan fingerprint density at radius 1 is 1.16 bits per heavy atom. The van der Waals surface area contributed by atoms with Crippen molar-refractivity contribution < 1.29 is 9.53 Å². The lowest BCUT2D eigenvalue weighted by Crippen LogP contribution is -2.43. The van der Waals surface area contributed by atoms with E-state index in [-0.39, 0.29) is 5.91 Å². The van der Waals surface area contributed by atoms with Crippen LogP contribution in [0.3, 0.4) is 0 Å². The molecule has 1 aromatic carbocycles. The number of hydrogen-bond donors (Lipinski definition) is 3. The molecule has 0 radical (unpaired) electrons. The molecule has 0 unspecified atom stereocenters. The molecule has 0 bridgehead atoms. The molecule has 1 saturated heterocycles. The van der Waals surface area contributed by atoms with Crippen LogP contribution in [0.1, 0.15) is 10.5 Å². The van der Waals surface area contributed by atoms with Gasteiger partial charge in [-0.1, -0.05) is 6.07 Å². The molecule has 160 valence electrons. The summed E-state index contributed by atoms with van der Waals surface area (Å²) in [5.41, 5.74) is 1.63. The van der Waals surface area contributed by atoms with E-state index in [1.807, 2.05) is 12.1 Å². The second kappa shape index (κ2) is 9.71. The van der Waals surface area contributed by atoms with E-state index in [2.05, 4.69) is 51.7 Å². The number of piperazine rings is 1. The maximum absolute atomic E-state index is 12.5. The number of rotatable bonds is 6. The van der Waals surface area contributed by atoms with Gasteiger partial charge in [0.2, 0.25) is 0 Å². The normalized spacial score (nSPS) is 13.5. The lowest BCUT2D eigenvalue weighted by atomic mass is 10.2. The van der Waals surface area contributed by atoms with Gasteiger partial charge in [-0.05, 0) is 40.2 Å². The summed E-state index contributed by atoms with van der Waals surface area (Å²) in [7, 11) is 1.55. The number of aromatic nitrogens is 3. The van der Waals surface area contributed by atoms with Crippen molar-refractivity contribution in [3.63, 3.8) is 0 Å². The van der Waals surface area contributed by atoms with Crippen molar-refractivity contribution in [2.24, 2.45) is 0 Å². The summed E-state index contributed by atoms with van der Waals surface area (Å²) in [6.45, 7) is 3.69. The largest absolute Gasteiger partial charge is 0.494 e. The van der Waals surface area contributed by atoms with Gasteiger partial charge in [0.25, 0.3) is 5.91 Å². The van der Waals surface area contributed by atoms with Crippen LogP contribution >= 0.6 is 15.9 Å². The number of carbonyl (C=O) groups is 1. The van der Waals surface area contributed by atoms with Gasteiger partial charge in [-0.3, -0.25) is 4.79 Å². The molecule has 0 saturated carbocycles. The second-order valence-electron chi connectivity index (χ2n) is 6.84. The van der Waals surface area contributed by atoms with Gasteiger partial charge in [-0.2, -0.15) is 0 Å². The van der Waals surface area contributed by atoms with Gasteiger partial charge in [0, 0.05) is 44.0 Å². The van der Waals surface area contributed by atoms with Crippen LogP contribution in [0.4, 0.5) is 23.0 Å². The summed E-state index contributed by atoms with van der Waals surface area (Å²) in [4.78, 5) is 27.6. The standard InChI is InChI=1S/C21H22BrN7O2/c1-31-17-11-14(5-6-15(17)28-21(30)16-3-2-4-18(22)27-16)26-19-12-20(25-13-24-19)29-9-7-23-8-10-29/h2-6,11-13,23H,7-10H2,1H3,(H,28,30)(H,24,25,26). The van der Waals surface area contributed by atoms with Crippen LogP contribution < -0.4 is 25.6 Å². The second-order valence-corrected chi connectivity index (χ2v) is 7.65. The molecule has 0 atom stereocenters. The number of ether oxygens (including phenoxy) is 1. The summed E-state index contributed by atoms with van der Waals surface area (Å²) in [5.74, 6) is 1.76. The third-order valence-electron chi connectivity index (χ3n) is 4.76. The quantitative estimate of drug-likeness (QED) is 0.459. The predicted octanol–water partition coefficient (Wildman–Crippen LogP) is 3.05. The fourth-order valence-corrected chi connectivity index (χ4v) is 3.57. The summed E-state index contributed by atoms with van der Waals surface area (Å²) in [6, 6.07) is 12.5. The van der Waals surface area contributed by atoms with Crippen LogP contribution in [0.5, 0.6) is 5.75 Å². The molecule has 1 aliphatic heterocycles. The van der Waals surface area contributed by atoms with Crippen molar-refractivity contribution in [1.82, 2.24) is 20.3 Å². The number of halogens is 1. The van der Waals surface area contributed by atoms with E-state index < -0.39 is 0 Å². The lowest BCUT2D eigenvalue weighted by Gasteiger charge is -2.28. The molecule has 4 rings (SSSR count). The van der Waals surface area contributed by atoms with Gasteiger partial charge in [0.15, 0.2) is 0 Å². The van der Waals surface area contributed by atoms with Crippen LogP contribution in [0.2, 0.25) is 0 Å². The Labute approximate surface area is 188 Å². The zero-order chi connectivity index (χ0) is 21.6. The topological polar surface area (TPSA) is 104 Å². The monoisotopic (exact) mass is 483 g/mol. The van der Waals surface area contributed by atoms with Crippen molar-refractivity contribution in [3.8, 4) is 5.75 Å². The van der Waals surface area contributed by atoms with Crippen LogP contribution in [-0.2, 0) is 0 Å². The van der Waals surface area contributed by atoms with Crippen molar-refractivity contribution >= 4 is 44.8 Å². The van der Waals surface area contributed by atoms with Crippen molar-refractivity contribution in [1.29, 1.82) is 0 Å². The van der Waals surface area contributed by atoms with Crippen LogP contribution in [0.15, 0.2) is 53.4 Å². The molecular formula is C21H22BrN7O2. The highest BCUT2D eigenvalue weighted by Crippen LogP contribution is 2.30. The summed E-state index contributed by atoms with van der Waals surface area (Å²) in [6.07, 6.45) is 1.55. The Hall–Kier alpha value is -3.24. The van der Waals surface area contributed by atoms with E-state index in [4.69, 9.17) is 4.74 Å². The van der Waals surface area contributed by atoms with E-state index in [1.165, 1.54) is 0 Å². The number of methoxy groups -OCH3 is 1. The number of pyridine rings is 1. The molecule has 1 amide bonds. The predicted molar refractivity (Wildman–Crippen MR) is 123 cm³/mol. The summed E-state index contributed by atoms with van der Waals surface area (Å²) >= 11 is 3.27.